The molecule has 172 valence electrons. The SMILES string of the molecule is CC[C@@H]1C2C[C@H](O)CC[C@]2(C)C2CC[C@@]3(C)C(CC[C@@H]3[C@H](C)CCC(=O)O)C2[C@H]1O. The van der Waals surface area contributed by atoms with E-state index >= 15 is 0 Å². The summed E-state index contributed by atoms with van der Waals surface area (Å²) in [5, 5.41) is 31.3. The lowest BCUT2D eigenvalue weighted by Crippen LogP contribution is -2.62. The molecule has 4 heteroatoms. The highest BCUT2D eigenvalue weighted by Gasteiger charge is 2.64. The normalized spacial score (nSPS) is 51.5. The van der Waals surface area contributed by atoms with Gasteiger partial charge in [0.1, 0.15) is 0 Å². The number of carboxylic acid groups (broad SMARTS) is 1. The first kappa shape index (κ1) is 22.6. The van der Waals surface area contributed by atoms with Gasteiger partial charge in [-0.1, -0.05) is 34.1 Å². The van der Waals surface area contributed by atoms with Crippen molar-refractivity contribution in [2.24, 2.45) is 52.3 Å². The van der Waals surface area contributed by atoms with E-state index in [4.69, 9.17) is 5.11 Å². The van der Waals surface area contributed by atoms with Crippen LogP contribution in [0.3, 0.4) is 0 Å². The molecule has 4 saturated carbocycles. The number of hydrogen-bond donors (Lipinski definition) is 3. The second-order valence-corrected chi connectivity index (χ2v) is 12.0. The Hall–Kier alpha value is -0.610. The fourth-order valence-corrected chi connectivity index (χ4v) is 9.48. The van der Waals surface area contributed by atoms with E-state index in [1.54, 1.807) is 0 Å². The molecule has 0 amide bonds. The van der Waals surface area contributed by atoms with Gasteiger partial charge in [-0.25, -0.2) is 0 Å². The van der Waals surface area contributed by atoms with E-state index < -0.39 is 5.97 Å². The van der Waals surface area contributed by atoms with Crippen LogP contribution in [0.25, 0.3) is 0 Å². The van der Waals surface area contributed by atoms with Gasteiger partial charge >= 0.3 is 5.97 Å². The van der Waals surface area contributed by atoms with Gasteiger partial charge in [0.15, 0.2) is 0 Å². The summed E-state index contributed by atoms with van der Waals surface area (Å²) < 4.78 is 0. The van der Waals surface area contributed by atoms with E-state index in [0.29, 0.717) is 41.4 Å². The highest BCUT2D eigenvalue weighted by Crippen LogP contribution is 2.69. The third-order valence-corrected chi connectivity index (χ3v) is 11.0. The maximum absolute atomic E-state index is 11.7. The van der Waals surface area contributed by atoms with E-state index in [0.717, 1.165) is 32.1 Å². The van der Waals surface area contributed by atoms with E-state index in [1.165, 1.54) is 25.7 Å². The zero-order valence-electron chi connectivity index (χ0n) is 19.5. The summed E-state index contributed by atoms with van der Waals surface area (Å²) >= 11 is 0. The summed E-state index contributed by atoms with van der Waals surface area (Å²) in [6.45, 7) is 9.44. The molecule has 3 N–H and O–H groups in total. The molecule has 0 heterocycles. The third-order valence-electron chi connectivity index (χ3n) is 11.0. The number of aliphatic carboxylic acids is 1. The molecular weight excluding hydrogens is 376 g/mol. The summed E-state index contributed by atoms with van der Waals surface area (Å²) in [7, 11) is 0. The Morgan fingerprint density at radius 3 is 2.33 bits per heavy atom. The number of carbonyl (C=O) groups is 1. The number of aliphatic hydroxyl groups is 2. The summed E-state index contributed by atoms with van der Waals surface area (Å²) in [6, 6.07) is 0. The monoisotopic (exact) mass is 420 g/mol. The fraction of sp³-hybridized carbons (Fsp3) is 0.962. The summed E-state index contributed by atoms with van der Waals surface area (Å²) in [5.74, 6) is 2.58. The Balaban J connectivity index is 1.61. The van der Waals surface area contributed by atoms with Crippen molar-refractivity contribution in [3.63, 3.8) is 0 Å². The van der Waals surface area contributed by atoms with Crippen LogP contribution in [0.15, 0.2) is 0 Å². The average Bonchev–Trinajstić information content (AvgIpc) is 3.05. The Morgan fingerprint density at radius 1 is 1.00 bits per heavy atom. The number of fused-ring (bicyclic) bond motifs is 5. The smallest absolute Gasteiger partial charge is 0.303 e. The zero-order valence-corrected chi connectivity index (χ0v) is 19.5. The minimum atomic E-state index is -0.683. The van der Waals surface area contributed by atoms with Crippen molar-refractivity contribution in [2.75, 3.05) is 0 Å². The average molecular weight is 421 g/mol. The van der Waals surface area contributed by atoms with Gasteiger partial charge in [-0.3, -0.25) is 4.79 Å². The van der Waals surface area contributed by atoms with Crippen LogP contribution in [-0.2, 0) is 4.79 Å². The molecule has 0 bridgehead atoms. The van der Waals surface area contributed by atoms with Crippen molar-refractivity contribution in [1.29, 1.82) is 0 Å². The highest BCUT2D eigenvalue weighted by molar-refractivity contribution is 5.66. The van der Waals surface area contributed by atoms with Gasteiger partial charge < -0.3 is 15.3 Å². The largest absolute Gasteiger partial charge is 0.481 e. The molecule has 0 spiro atoms. The fourth-order valence-electron chi connectivity index (χ4n) is 9.48. The Kier molecular flexibility index (Phi) is 6.07. The van der Waals surface area contributed by atoms with Crippen molar-refractivity contribution in [3.05, 3.63) is 0 Å². The minimum Gasteiger partial charge on any atom is -0.481 e. The molecule has 4 unspecified atom stereocenters. The van der Waals surface area contributed by atoms with Crippen LogP contribution < -0.4 is 0 Å². The second-order valence-electron chi connectivity index (χ2n) is 12.0. The number of hydrogen-bond acceptors (Lipinski definition) is 3. The van der Waals surface area contributed by atoms with E-state index in [1.807, 2.05) is 0 Å². The van der Waals surface area contributed by atoms with E-state index in [9.17, 15) is 15.0 Å². The van der Waals surface area contributed by atoms with Crippen molar-refractivity contribution in [2.45, 2.75) is 104 Å². The quantitative estimate of drug-likeness (QED) is 0.577. The first-order valence-corrected chi connectivity index (χ1v) is 12.7. The number of rotatable bonds is 5. The zero-order chi connectivity index (χ0) is 21.8. The molecule has 0 aromatic carbocycles. The summed E-state index contributed by atoms with van der Waals surface area (Å²) in [6.07, 6.45) is 9.27. The Morgan fingerprint density at radius 2 is 1.67 bits per heavy atom. The molecule has 4 fully saturated rings. The molecule has 4 aliphatic carbocycles. The topological polar surface area (TPSA) is 77.8 Å². The van der Waals surface area contributed by atoms with Gasteiger partial charge in [-0.2, -0.15) is 0 Å². The molecule has 4 rings (SSSR count). The maximum atomic E-state index is 11.7. The van der Waals surface area contributed by atoms with Gasteiger partial charge in [0.2, 0.25) is 0 Å². The van der Waals surface area contributed by atoms with Crippen LogP contribution in [0.1, 0.15) is 91.9 Å². The van der Waals surface area contributed by atoms with Crippen molar-refractivity contribution in [3.8, 4) is 0 Å². The van der Waals surface area contributed by atoms with Gasteiger partial charge in [-0.05, 0) is 104 Å². The third kappa shape index (κ3) is 3.36. The predicted octanol–water partition coefficient (Wildman–Crippen LogP) is 5.11. The number of carboxylic acids is 1. The molecule has 0 radical (unpaired) electrons. The van der Waals surface area contributed by atoms with Crippen LogP contribution in [0.2, 0.25) is 0 Å². The second kappa shape index (κ2) is 8.06. The maximum Gasteiger partial charge on any atom is 0.303 e. The molecule has 0 saturated heterocycles. The van der Waals surface area contributed by atoms with Crippen LogP contribution in [0.4, 0.5) is 0 Å². The van der Waals surface area contributed by atoms with Gasteiger partial charge in [0, 0.05) is 6.42 Å². The lowest BCUT2D eigenvalue weighted by Gasteiger charge is -2.64. The summed E-state index contributed by atoms with van der Waals surface area (Å²) in [5.41, 5.74) is 0.480. The molecule has 4 nitrogen and oxygen atoms in total. The van der Waals surface area contributed by atoms with Gasteiger partial charge in [-0.15, -0.1) is 0 Å². The van der Waals surface area contributed by atoms with Crippen molar-refractivity contribution < 1.29 is 20.1 Å². The molecular formula is C26H44O4. The van der Waals surface area contributed by atoms with E-state index in [2.05, 4.69) is 27.7 Å². The first-order valence-electron chi connectivity index (χ1n) is 12.7. The van der Waals surface area contributed by atoms with E-state index in [-0.39, 0.29) is 29.5 Å². The van der Waals surface area contributed by atoms with Crippen LogP contribution in [0.5, 0.6) is 0 Å². The Bertz CT molecular complexity index is 649. The minimum absolute atomic E-state index is 0.194. The van der Waals surface area contributed by atoms with Gasteiger partial charge in [0.05, 0.1) is 12.2 Å². The lowest BCUT2D eigenvalue weighted by atomic mass is 9.41. The molecule has 11 atom stereocenters. The molecule has 0 aromatic rings. The first-order chi connectivity index (χ1) is 14.1. The van der Waals surface area contributed by atoms with Crippen LogP contribution in [-0.4, -0.2) is 33.5 Å². The van der Waals surface area contributed by atoms with Crippen LogP contribution >= 0.6 is 0 Å². The molecule has 0 aromatic heterocycles. The van der Waals surface area contributed by atoms with Crippen molar-refractivity contribution >= 4 is 5.97 Å². The molecule has 30 heavy (non-hydrogen) atoms. The predicted molar refractivity (Wildman–Crippen MR) is 118 cm³/mol. The van der Waals surface area contributed by atoms with Crippen LogP contribution in [0, 0.1) is 52.3 Å². The van der Waals surface area contributed by atoms with Gasteiger partial charge in [0.25, 0.3) is 0 Å². The number of aliphatic hydroxyl groups excluding tert-OH is 2. The molecule has 0 aliphatic heterocycles. The lowest BCUT2D eigenvalue weighted by molar-refractivity contribution is -0.203. The Labute approximate surface area is 182 Å². The standard InChI is InChI=1S/C26H44O4/c1-5-17-21-14-16(27)10-12-26(21,4)20-11-13-25(3)18(15(2)6-9-22(28)29)7-8-19(25)23(20)24(17)30/h15-21,23-24,27,30H,5-14H2,1-4H3,(H,28,29)/t15-,16-,17-,18-,19?,20?,21?,23?,24+,25-,26-/m1/s1. The summed E-state index contributed by atoms with van der Waals surface area (Å²) in [4.78, 5) is 11.1. The molecule has 4 aliphatic rings. The van der Waals surface area contributed by atoms with Crippen molar-refractivity contribution in [1.82, 2.24) is 0 Å². The highest BCUT2D eigenvalue weighted by atomic mass is 16.4.